The first-order chi connectivity index (χ1) is 15.1. The van der Waals surface area contributed by atoms with Crippen LogP contribution in [-0.4, -0.2) is 62.0 Å². The summed E-state index contributed by atoms with van der Waals surface area (Å²) in [5, 5.41) is 13.8. The third kappa shape index (κ3) is 7.98. The number of aliphatic hydroxyl groups excluding tert-OH is 1. The Morgan fingerprint density at radius 1 is 1.10 bits per heavy atom. The molecular formula is C25H34N2O4. The molecule has 3 rings (SSSR count). The van der Waals surface area contributed by atoms with Gasteiger partial charge in [-0.05, 0) is 62.2 Å². The second-order valence-corrected chi connectivity index (χ2v) is 8.12. The quantitative estimate of drug-likeness (QED) is 0.425. The molecule has 1 fully saturated rings. The predicted molar refractivity (Wildman–Crippen MR) is 121 cm³/mol. The molecule has 2 aromatic carbocycles. The summed E-state index contributed by atoms with van der Waals surface area (Å²) in [6, 6.07) is 18.5. The maximum absolute atomic E-state index is 11.6. The maximum Gasteiger partial charge on any atom is 0.308 e. The second kappa shape index (κ2) is 12.4. The fourth-order valence-corrected chi connectivity index (χ4v) is 3.87. The number of rotatable bonds is 11. The minimum atomic E-state index is -0.561. The summed E-state index contributed by atoms with van der Waals surface area (Å²) in [7, 11) is 1.44. The van der Waals surface area contributed by atoms with E-state index in [1.165, 1.54) is 18.2 Å². The number of hydrogen-bond acceptors (Lipinski definition) is 6. The number of esters is 1. The van der Waals surface area contributed by atoms with Crippen LogP contribution < -0.4 is 10.1 Å². The number of ether oxygens (including phenoxy) is 2. The fraction of sp³-hybridized carbons (Fsp3) is 0.480. The van der Waals surface area contributed by atoms with E-state index in [9.17, 15) is 9.90 Å². The first kappa shape index (κ1) is 23.3. The highest BCUT2D eigenvalue weighted by molar-refractivity contribution is 5.72. The van der Waals surface area contributed by atoms with Crippen molar-refractivity contribution in [2.45, 2.75) is 31.9 Å². The van der Waals surface area contributed by atoms with Crippen LogP contribution in [0.4, 0.5) is 0 Å². The summed E-state index contributed by atoms with van der Waals surface area (Å²) in [4.78, 5) is 13.8. The molecule has 2 aromatic rings. The molecule has 1 heterocycles. The van der Waals surface area contributed by atoms with Crippen LogP contribution >= 0.6 is 0 Å². The van der Waals surface area contributed by atoms with Crippen LogP contribution in [-0.2, 0) is 22.5 Å². The number of β-amino-alcohol motifs (C(OH)–C–C–N with tert-alkyl or cyclic N) is 1. The number of methoxy groups -OCH3 is 1. The van der Waals surface area contributed by atoms with Gasteiger partial charge in [0.15, 0.2) is 0 Å². The number of carbonyl (C=O) groups is 1. The summed E-state index contributed by atoms with van der Waals surface area (Å²) in [6.45, 7) is 4.15. The molecule has 0 aliphatic carbocycles. The van der Waals surface area contributed by atoms with E-state index < -0.39 is 6.10 Å². The van der Waals surface area contributed by atoms with E-state index in [1.54, 1.807) is 0 Å². The Morgan fingerprint density at radius 3 is 2.48 bits per heavy atom. The molecule has 1 atom stereocenters. The minimum Gasteiger partial charge on any atom is -0.491 e. The molecule has 6 nitrogen and oxygen atoms in total. The van der Waals surface area contributed by atoms with Crippen molar-refractivity contribution in [3.8, 4) is 5.75 Å². The highest BCUT2D eigenvalue weighted by Crippen LogP contribution is 2.19. The van der Waals surface area contributed by atoms with Crippen molar-refractivity contribution >= 4 is 5.97 Å². The van der Waals surface area contributed by atoms with Crippen LogP contribution in [0.5, 0.6) is 5.75 Å². The molecule has 0 saturated carbocycles. The molecular weight excluding hydrogens is 392 g/mol. The third-order valence-electron chi connectivity index (χ3n) is 5.72. The monoisotopic (exact) mass is 426 g/mol. The standard InChI is InChI=1S/C25H34N2O4/c1-30-25(29)22-12-15-27(16-13-22)18-23(28)19-31-24-9-7-21(8-10-24)17-26-14-11-20-5-3-2-4-6-20/h2-10,22-23,26,28H,11-19H2,1H3/t23-/m0/s1. The van der Waals surface area contributed by atoms with Crippen LogP contribution in [0, 0.1) is 5.92 Å². The average Bonchev–Trinajstić information content (AvgIpc) is 2.82. The first-order valence-electron chi connectivity index (χ1n) is 11.1. The SMILES string of the molecule is COC(=O)C1CCN(C[C@H](O)COc2ccc(CNCCc3ccccc3)cc2)CC1. The number of nitrogens with one attached hydrogen (secondary N) is 1. The molecule has 0 bridgehead atoms. The van der Waals surface area contributed by atoms with E-state index in [4.69, 9.17) is 9.47 Å². The van der Waals surface area contributed by atoms with Gasteiger partial charge in [-0.25, -0.2) is 0 Å². The number of carbonyl (C=O) groups excluding carboxylic acids is 1. The van der Waals surface area contributed by atoms with Crippen LogP contribution in [0.1, 0.15) is 24.0 Å². The van der Waals surface area contributed by atoms with E-state index in [1.807, 2.05) is 18.2 Å². The van der Waals surface area contributed by atoms with Gasteiger partial charge in [0, 0.05) is 13.1 Å². The number of nitrogens with zero attached hydrogens (tertiary/aromatic N) is 1. The number of hydrogen-bond donors (Lipinski definition) is 2. The summed E-state index contributed by atoms with van der Waals surface area (Å²) in [6.07, 6.45) is 2.01. The molecule has 0 aromatic heterocycles. The molecule has 31 heavy (non-hydrogen) atoms. The minimum absolute atomic E-state index is 0.0130. The molecule has 0 amide bonds. The summed E-state index contributed by atoms with van der Waals surface area (Å²) >= 11 is 0. The van der Waals surface area contributed by atoms with Gasteiger partial charge in [-0.3, -0.25) is 4.79 Å². The third-order valence-corrected chi connectivity index (χ3v) is 5.72. The zero-order valence-electron chi connectivity index (χ0n) is 18.3. The van der Waals surface area contributed by atoms with Crippen molar-refractivity contribution in [3.05, 3.63) is 65.7 Å². The zero-order chi connectivity index (χ0) is 21.9. The molecule has 0 radical (unpaired) electrons. The number of aliphatic hydroxyl groups is 1. The zero-order valence-corrected chi connectivity index (χ0v) is 18.3. The fourth-order valence-electron chi connectivity index (χ4n) is 3.87. The van der Waals surface area contributed by atoms with Gasteiger partial charge in [0.1, 0.15) is 18.5 Å². The highest BCUT2D eigenvalue weighted by Gasteiger charge is 2.26. The summed E-state index contributed by atoms with van der Waals surface area (Å²) < 4.78 is 10.6. The first-order valence-corrected chi connectivity index (χ1v) is 11.1. The second-order valence-electron chi connectivity index (χ2n) is 8.12. The molecule has 1 saturated heterocycles. The molecule has 2 N–H and O–H groups in total. The number of piperidine rings is 1. The lowest BCUT2D eigenvalue weighted by atomic mass is 9.97. The van der Waals surface area contributed by atoms with Gasteiger partial charge in [0.05, 0.1) is 13.0 Å². The summed E-state index contributed by atoms with van der Waals surface area (Å²) in [5.41, 5.74) is 2.54. The molecule has 0 spiro atoms. The van der Waals surface area contributed by atoms with E-state index in [0.717, 1.165) is 51.2 Å². The lowest BCUT2D eigenvalue weighted by molar-refractivity contribution is -0.147. The summed E-state index contributed by atoms with van der Waals surface area (Å²) in [5.74, 6) is 0.621. The van der Waals surface area contributed by atoms with Crippen LogP contribution in [0.15, 0.2) is 54.6 Å². The topological polar surface area (TPSA) is 71.0 Å². The van der Waals surface area contributed by atoms with Crippen molar-refractivity contribution < 1.29 is 19.4 Å². The van der Waals surface area contributed by atoms with E-state index >= 15 is 0 Å². The van der Waals surface area contributed by atoms with Gasteiger partial charge >= 0.3 is 5.97 Å². The lowest BCUT2D eigenvalue weighted by Gasteiger charge is -2.31. The van der Waals surface area contributed by atoms with Gasteiger partial charge < -0.3 is 24.8 Å². The van der Waals surface area contributed by atoms with Crippen molar-refractivity contribution in [2.24, 2.45) is 5.92 Å². The molecule has 6 heteroatoms. The Morgan fingerprint density at radius 2 is 1.81 bits per heavy atom. The van der Waals surface area contributed by atoms with Crippen molar-refractivity contribution in [1.82, 2.24) is 10.2 Å². The average molecular weight is 427 g/mol. The Kier molecular flexibility index (Phi) is 9.34. The predicted octanol–water partition coefficient (Wildman–Crippen LogP) is 2.64. The highest BCUT2D eigenvalue weighted by atomic mass is 16.5. The Balaban J connectivity index is 1.30. The Hall–Kier alpha value is -2.41. The molecule has 168 valence electrons. The molecule has 1 aliphatic rings. The molecule has 1 aliphatic heterocycles. The van der Waals surface area contributed by atoms with Gasteiger partial charge in [-0.15, -0.1) is 0 Å². The van der Waals surface area contributed by atoms with Gasteiger partial charge in [0.2, 0.25) is 0 Å². The van der Waals surface area contributed by atoms with Gasteiger partial charge in [0.25, 0.3) is 0 Å². The van der Waals surface area contributed by atoms with Crippen LogP contribution in [0.2, 0.25) is 0 Å². The normalized spacial score (nSPS) is 16.1. The Labute approximate surface area is 185 Å². The Bertz CT molecular complexity index is 774. The van der Waals surface area contributed by atoms with Crippen LogP contribution in [0.25, 0.3) is 0 Å². The van der Waals surface area contributed by atoms with E-state index in [0.29, 0.717) is 6.54 Å². The maximum atomic E-state index is 11.6. The van der Waals surface area contributed by atoms with Crippen molar-refractivity contribution in [1.29, 1.82) is 0 Å². The van der Waals surface area contributed by atoms with Gasteiger partial charge in [-0.1, -0.05) is 42.5 Å². The molecule has 0 unspecified atom stereocenters. The van der Waals surface area contributed by atoms with E-state index in [-0.39, 0.29) is 18.5 Å². The van der Waals surface area contributed by atoms with Gasteiger partial charge in [-0.2, -0.15) is 0 Å². The van der Waals surface area contributed by atoms with Crippen molar-refractivity contribution in [3.63, 3.8) is 0 Å². The lowest BCUT2D eigenvalue weighted by Crippen LogP contribution is -2.42. The number of benzene rings is 2. The smallest absolute Gasteiger partial charge is 0.308 e. The number of likely N-dealkylation sites (tertiary alicyclic amines) is 1. The largest absolute Gasteiger partial charge is 0.491 e. The van der Waals surface area contributed by atoms with Crippen LogP contribution in [0.3, 0.4) is 0 Å². The van der Waals surface area contributed by atoms with Crippen molar-refractivity contribution in [2.75, 3.05) is 39.9 Å². The van der Waals surface area contributed by atoms with E-state index in [2.05, 4.69) is 46.6 Å².